The van der Waals surface area contributed by atoms with Crippen LogP contribution in [-0.4, -0.2) is 37.3 Å². The monoisotopic (exact) mass is 267 g/mol. The number of rotatable bonds is 6. The third-order valence-electron chi connectivity index (χ3n) is 2.71. The number of hydrogen-bond donors (Lipinski definition) is 2. The molecule has 0 spiro atoms. The Kier molecular flexibility index (Phi) is 5.32. The van der Waals surface area contributed by atoms with Crippen LogP contribution in [0.3, 0.4) is 0 Å². The summed E-state index contributed by atoms with van der Waals surface area (Å²) in [4.78, 5) is 22.9. The maximum atomic E-state index is 11.7. The van der Waals surface area contributed by atoms with Crippen LogP contribution < -0.4 is 10.1 Å². The van der Waals surface area contributed by atoms with Gasteiger partial charge >= 0.3 is 5.97 Å². The van der Waals surface area contributed by atoms with Crippen LogP contribution in [0.1, 0.15) is 18.5 Å². The van der Waals surface area contributed by atoms with Gasteiger partial charge in [0.25, 0.3) is 0 Å². The van der Waals surface area contributed by atoms with Gasteiger partial charge in [0, 0.05) is 7.11 Å². The molecule has 104 valence electrons. The van der Waals surface area contributed by atoms with Crippen molar-refractivity contribution in [3.8, 4) is 5.75 Å². The van der Waals surface area contributed by atoms with Crippen LogP contribution in [0.4, 0.5) is 0 Å². The first-order valence-corrected chi connectivity index (χ1v) is 5.69. The molecule has 0 saturated heterocycles. The van der Waals surface area contributed by atoms with Crippen molar-refractivity contribution in [1.82, 2.24) is 5.32 Å². The summed E-state index contributed by atoms with van der Waals surface area (Å²) in [6.07, 6.45) is -0.708. The van der Waals surface area contributed by atoms with Crippen molar-refractivity contribution in [2.45, 2.75) is 19.1 Å². The van der Waals surface area contributed by atoms with E-state index < -0.39 is 24.0 Å². The summed E-state index contributed by atoms with van der Waals surface area (Å²) in [5.41, 5.74) is 0.463. The van der Waals surface area contributed by atoms with Gasteiger partial charge in [0.05, 0.1) is 7.11 Å². The summed E-state index contributed by atoms with van der Waals surface area (Å²) in [6.45, 7) is 1.54. The number of benzene rings is 1. The molecule has 1 aromatic carbocycles. The standard InChI is InChI=1S/C13H17NO5/c1-8(18-2)12(15)14-11(13(16)17)9-4-6-10(19-3)7-5-9/h4-8,11H,1-3H3,(H,14,15)(H,16,17). The van der Waals surface area contributed by atoms with Crippen molar-refractivity contribution in [2.75, 3.05) is 14.2 Å². The Labute approximate surface area is 111 Å². The fourth-order valence-electron chi connectivity index (χ4n) is 1.45. The molecule has 1 aromatic rings. The SMILES string of the molecule is COc1ccc(C(NC(=O)C(C)OC)C(=O)O)cc1. The second-order valence-corrected chi connectivity index (χ2v) is 3.93. The molecule has 0 aliphatic heterocycles. The van der Waals surface area contributed by atoms with Crippen LogP contribution >= 0.6 is 0 Å². The Bertz CT molecular complexity index is 443. The highest BCUT2D eigenvalue weighted by Crippen LogP contribution is 2.18. The van der Waals surface area contributed by atoms with E-state index in [1.54, 1.807) is 31.2 Å². The van der Waals surface area contributed by atoms with Gasteiger partial charge in [0.2, 0.25) is 5.91 Å². The minimum atomic E-state index is -1.14. The zero-order valence-electron chi connectivity index (χ0n) is 11.0. The Morgan fingerprint density at radius 2 is 1.79 bits per heavy atom. The Balaban J connectivity index is 2.88. The van der Waals surface area contributed by atoms with Crippen LogP contribution in [0.25, 0.3) is 0 Å². The molecule has 0 bridgehead atoms. The average Bonchev–Trinajstić information content (AvgIpc) is 2.43. The van der Waals surface area contributed by atoms with Crippen LogP contribution in [-0.2, 0) is 14.3 Å². The third kappa shape index (κ3) is 3.96. The number of carboxylic acid groups (broad SMARTS) is 1. The predicted octanol–water partition coefficient (Wildman–Crippen LogP) is 0.972. The number of carboxylic acids is 1. The van der Waals surface area contributed by atoms with E-state index in [9.17, 15) is 9.59 Å². The van der Waals surface area contributed by atoms with Gasteiger partial charge in [-0.3, -0.25) is 4.79 Å². The molecule has 1 rings (SSSR count). The van der Waals surface area contributed by atoms with Crippen molar-refractivity contribution in [2.24, 2.45) is 0 Å². The van der Waals surface area contributed by atoms with Gasteiger partial charge in [-0.1, -0.05) is 12.1 Å². The van der Waals surface area contributed by atoms with Gasteiger partial charge in [-0.25, -0.2) is 4.79 Å². The second kappa shape index (κ2) is 6.75. The van der Waals surface area contributed by atoms with Crippen molar-refractivity contribution < 1.29 is 24.2 Å². The van der Waals surface area contributed by atoms with Crippen molar-refractivity contribution in [3.63, 3.8) is 0 Å². The average molecular weight is 267 g/mol. The predicted molar refractivity (Wildman–Crippen MR) is 68.0 cm³/mol. The van der Waals surface area contributed by atoms with E-state index in [1.165, 1.54) is 14.2 Å². The molecule has 0 aliphatic rings. The molecule has 1 amide bonds. The first-order valence-electron chi connectivity index (χ1n) is 5.69. The molecule has 2 atom stereocenters. The minimum absolute atomic E-state index is 0.463. The van der Waals surface area contributed by atoms with Gasteiger partial charge in [0.1, 0.15) is 11.9 Å². The Hall–Kier alpha value is -2.08. The molecule has 0 aliphatic carbocycles. The Morgan fingerprint density at radius 1 is 1.21 bits per heavy atom. The second-order valence-electron chi connectivity index (χ2n) is 3.93. The lowest BCUT2D eigenvalue weighted by molar-refractivity contribution is -0.143. The number of amides is 1. The molecule has 6 heteroatoms. The highest BCUT2D eigenvalue weighted by atomic mass is 16.5. The lowest BCUT2D eigenvalue weighted by Gasteiger charge is -2.17. The number of ether oxygens (including phenoxy) is 2. The zero-order valence-corrected chi connectivity index (χ0v) is 11.0. The summed E-state index contributed by atoms with van der Waals surface area (Å²) in [7, 11) is 2.90. The molecule has 6 nitrogen and oxygen atoms in total. The van der Waals surface area contributed by atoms with Crippen LogP contribution in [0.5, 0.6) is 5.75 Å². The summed E-state index contributed by atoms with van der Waals surface area (Å²) in [5, 5.41) is 11.6. The largest absolute Gasteiger partial charge is 0.497 e. The van der Waals surface area contributed by atoms with E-state index in [2.05, 4.69) is 5.32 Å². The molecule has 0 radical (unpaired) electrons. The summed E-state index contributed by atoms with van der Waals surface area (Å²) in [5.74, 6) is -1.00. The number of methoxy groups -OCH3 is 2. The van der Waals surface area contributed by atoms with Crippen molar-refractivity contribution in [3.05, 3.63) is 29.8 Å². The number of hydrogen-bond acceptors (Lipinski definition) is 4. The first-order chi connectivity index (χ1) is 8.99. The number of carbonyl (C=O) groups excluding carboxylic acids is 1. The quantitative estimate of drug-likeness (QED) is 0.802. The molecule has 0 saturated carbocycles. The van der Waals surface area contributed by atoms with Gasteiger partial charge in [0.15, 0.2) is 6.04 Å². The third-order valence-corrected chi connectivity index (χ3v) is 2.71. The molecular weight excluding hydrogens is 250 g/mol. The van der Waals surface area contributed by atoms with E-state index in [0.29, 0.717) is 11.3 Å². The number of aliphatic carboxylic acids is 1. The van der Waals surface area contributed by atoms with E-state index >= 15 is 0 Å². The van der Waals surface area contributed by atoms with Crippen LogP contribution in [0.15, 0.2) is 24.3 Å². The van der Waals surface area contributed by atoms with E-state index in [0.717, 1.165) is 0 Å². The number of carbonyl (C=O) groups is 2. The van der Waals surface area contributed by atoms with Gasteiger partial charge in [-0.15, -0.1) is 0 Å². The Morgan fingerprint density at radius 3 is 2.21 bits per heavy atom. The van der Waals surface area contributed by atoms with Gasteiger partial charge in [-0.05, 0) is 24.6 Å². The lowest BCUT2D eigenvalue weighted by atomic mass is 10.1. The molecule has 19 heavy (non-hydrogen) atoms. The van der Waals surface area contributed by atoms with Gasteiger partial charge < -0.3 is 19.9 Å². The van der Waals surface area contributed by atoms with Crippen molar-refractivity contribution >= 4 is 11.9 Å². The molecule has 0 aromatic heterocycles. The molecule has 2 unspecified atom stereocenters. The maximum Gasteiger partial charge on any atom is 0.330 e. The zero-order chi connectivity index (χ0) is 14.4. The van der Waals surface area contributed by atoms with Crippen LogP contribution in [0, 0.1) is 0 Å². The highest BCUT2D eigenvalue weighted by Gasteiger charge is 2.24. The normalized spacial score (nSPS) is 13.4. The topological polar surface area (TPSA) is 84.9 Å². The molecule has 0 fully saturated rings. The summed E-state index contributed by atoms with van der Waals surface area (Å²) >= 11 is 0. The van der Waals surface area contributed by atoms with Crippen molar-refractivity contribution in [1.29, 1.82) is 0 Å². The number of nitrogens with one attached hydrogen (secondary N) is 1. The molecule has 2 N–H and O–H groups in total. The highest BCUT2D eigenvalue weighted by molar-refractivity contribution is 5.86. The fourth-order valence-corrected chi connectivity index (χ4v) is 1.45. The smallest absolute Gasteiger partial charge is 0.330 e. The van der Waals surface area contributed by atoms with E-state index in [4.69, 9.17) is 14.6 Å². The maximum absolute atomic E-state index is 11.7. The van der Waals surface area contributed by atoms with Crippen LogP contribution in [0.2, 0.25) is 0 Å². The van der Waals surface area contributed by atoms with E-state index in [-0.39, 0.29) is 0 Å². The first kappa shape index (κ1) is 15.0. The summed E-state index contributed by atoms with van der Waals surface area (Å²) < 4.78 is 9.83. The summed E-state index contributed by atoms with van der Waals surface area (Å²) in [6, 6.07) is 5.34. The van der Waals surface area contributed by atoms with Gasteiger partial charge in [-0.2, -0.15) is 0 Å². The molecule has 0 heterocycles. The minimum Gasteiger partial charge on any atom is -0.497 e. The van der Waals surface area contributed by atoms with E-state index in [1.807, 2.05) is 0 Å². The molecular formula is C13H17NO5. The lowest BCUT2D eigenvalue weighted by Crippen LogP contribution is -2.39. The fraction of sp³-hybridized carbons (Fsp3) is 0.385.